The van der Waals surface area contributed by atoms with Gasteiger partial charge in [0.25, 0.3) is 5.91 Å². The van der Waals surface area contributed by atoms with E-state index in [2.05, 4.69) is 0 Å². The van der Waals surface area contributed by atoms with Crippen molar-refractivity contribution in [1.82, 2.24) is 4.72 Å². The first-order chi connectivity index (χ1) is 12.1. The molecule has 154 valence electrons. The molecule has 0 aromatic heterocycles. The molecule has 1 unspecified atom stereocenters. The lowest BCUT2D eigenvalue weighted by molar-refractivity contribution is -0.242. The van der Waals surface area contributed by atoms with Crippen molar-refractivity contribution < 1.29 is 41.7 Å². The third kappa shape index (κ3) is 5.30. The Bertz CT molecular complexity index is 814. The summed E-state index contributed by atoms with van der Waals surface area (Å²) in [6.45, 7) is 0.352. The lowest BCUT2D eigenvalue weighted by Crippen LogP contribution is -2.52. The summed E-state index contributed by atoms with van der Waals surface area (Å²) in [5.74, 6) is -1.80. The number of alkyl halides is 3. The molecule has 1 amide bonds. The molecule has 0 saturated carbocycles. The number of hydrogen-bond donors (Lipinski definition) is 5. The van der Waals surface area contributed by atoms with Crippen molar-refractivity contribution >= 4 is 33.2 Å². The predicted octanol–water partition coefficient (Wildman–Crippen LogP) is 0.532. The summed E-state index contributed by atoms with van der Waals surface area (Å²) in [5.41, 5.74) is -4.11. The summed E-state index contributed by atoms with van der Waals surface area (Å²) >= 11 is 5.94. The number of aliphatic hydroxyl groups is 3. The predicted molar refractivity (Wildman–Crippen MR) is 89.8 cm³/mol. The molecule has 13 heteroatoms. The Morgan fingerprint density at radius 1 is 1.33 bits per heavy atom. The summed E-state index contributed by atoms with van der Waals surface area (Å²) < 4.78 is 64.5. The van der Waals surface area contributed by atoms with Gasteiger partial charge in [-0.3, -0.25) is 4.79 Å². The molecular formula is C14H18ClF3N2O6S. The second kappa shape index (κ2) is 8.29. The van der Waals surface area contributed by atoms with Crippen molar-refractivity contribution in [3.05, 3.63) is 22.7 Å². The molecule has 0 aliphatic rings. The molecular weight excluding hydrogens is 417 g/mol. The van der Waals surface area contributed by atoms with E-state index < -0.39 is 47.0 Å². The number of benzene rings is 1. The third-order valence-corrected chi connectivity index (χ3v) is 5.64. The summed E-state index contributed by atoms with van der Waals surface area (Å²) in [7, 11) is -4.16. The van der Waals surface area contributed by atoms with Gasteiger partial charge in [0, 0.05) is 6.54 Å². The maximum Gasteiger partial charge on any atom is 0.426 e. The van der Waals surface area contributed by atoms with Crippen LogP contribution < -0.4 is 10.0 Å². The van der Waals surface area contributed by atoms with Crippen LogP contribution in [0.5, 0.6) is 0 Å². The Morgan fingerprint density at radius 3 is 2.37 bits per heavy atom. The fourth-order valence-electron chi connectivity index (χ4n) is 1.78. The van der Waals surface area contributed by atoms with Crippen LogP contribution in [0.15, 0.2) is 17.0 Å². The Kier molecular flexibility index (Phi) is 7.24. The molecule has 0 bridgehead atoms. The van der Waals surface area contributed by atoms with Gasteiger partial charge in [-0.1, -0.05) is 11.6 Å². The minimum absolute atomic E-state index is 0.0906. The molecule has 1 aromatic rings. The normalized spacial score (nSPS) is 15.9. The van der Waals surface area contributed by atoms with Crippen molar-refractivity contribution in [1.29, 1.82) is 0 Å². The highest BCUT2D eigenvalue weighted by Gasteiger charge is 2.55. The third-order valence-electron chi connectivity index (χ3n) is 3.59. The molecule has 0 aliphatic heterocycles. The summed E-state index contributed by atoms with van der Waals surface area (Å²) in [6, 6.07) is 1.93. The number of nitrogens with one attached hydrogen (secondary N) is 2. The van der Waals surface area contributed by atoms with Gasteiger partial charge in [0.15, 0.2) is 0 Å². The van der Waals surface area contributed by atoms with Crippen molar-refractivity contribution in [2.45, 2.75) is 36.6 Å². The second-order valence-corrected chi connectivity index (χ2v) is 7.88. The number of anilines is 1. The highest BCUT2D eigenvalue weighted by atomic mass is 35.5. The van der Waals surface area contributed by atoms with Crippen molar-refractivity contribution in [3.8, 4) is 0 Å². The van der Waals surface area contributed by atoms with Crippen LogP contribution in [-0.4, -0.2) is 60.7 Å². The first-order valence-corrected chi connectivity index (χ1v) is 9.19. The number of amides is 1. The molecule has 0 spiro atoms. The molecule has 27 heavy (non-hydrogen) atoms. The van der Waals surface area contributed by atoms with E-state index in [1.54, 1.807) is 5.32 Å². The monoisotopic (exact) mass is 434 g/mol. The second-order valence-electron chi connectivity index (χ2n) is 5.76. The lowest BCUT2D eigenvalue weighted by atomic mass is 10.1. The Hall–Kier alpha value is -1.44. The van der Waals surface area contributed by atoms with Crippen LogP contribution in [0.2, 0.25) is 5.02 Å². The lowest BCUT2D eigenvalue weighted by Gasteiger charge is -2.25. The van der Waals surface area contributed by atoms with Crippen LogP contribution in [-0.2, 0) is 14.8 Å². The zero-order valence-corrected chi connectivity index (χ0v) is 15.7. The van der Waals surface area contributed by atoms with Crippen LogP contribution in [0.4, 0.5) is 18.9 Å². The van der Waals surface area contributed by atoms with Crippen molar-refractivity contribution in [3.63, 3.8) is 0 Å². The average Bonchev–Trinajstić information content (AvgIpc) is 2.55. The first kappa shape index (κ1) is 23.6. The minimum Gasteiger partial charge on any atom is -0.394 e. The van der Waals surface area contributed by atoms with Gasteiger partial charge in [-0.05, 0) is 31.5 Å². The average molecular weight is 435 g/mol. The minimum atomic E-state index is -5.24. The fraction of sp³-hybridized carbons (Fsp3) is 0.500. The molecule has 0 radical (unpaired) electrons. The van der Waals surface area contributed by atoms with Crippen molar-refractivity contribution in [2.24, 2.45) is 0 Å². The molecule has 0 fully saturated rings. The topological polar surface area (TPSA) is 136 Å². The van der Waals surface area contributed by atoms with E-state index in [1.807, 2.05) is 4.72 Å². The van der Waals surface area contributed by atoms with E-state index in [-0.39, 0.29) is 28.1 Å². The van der Waals surface area contributed by atoms with Crippen LogP contribution >= 0.6 is 11.6 Å². The Balaban J connectivity index is 3.14. The summed E-state index contributed by atoms with van der Waals surface area (Å²) in [6.07, 6.45) is -6.57. The smallest absolute Gasteiger partial charge is 0.394 e. The summed E-state index contributed by atoms with van der Waals surface area (Å²) in [4.78, 5) is 11.4. The van der Waals surface area contributed by atoms with E-state index >= 15 is 0 Å². The number of hydrogen-bond acceptors (Lipinski definition) is 6. The fourth-order valence-corrected chi connectivity index (χ4v) is 3.36. The van der Waals surface area contributed by atoms with Gasteiger partial charge < -0.3 is 20.6 Å². The highest BCUT2D eigenvalue weighted by Crippen LogP contribution is 2.34. The van der Waals surface area contributed by atoms with Crippen LogP contribution in [0, 0.1) is 6.92 Å². The van der Waals surface area contributed by atoms with E-state index in [4.69, 9.17) is 16.7 Å². The van der Waals surface area contributed by atoms with Crippen LogP contribution in [0.3, 0.4) is 0 Å². The van der Waals surface area contributed by atoms with E-state index in [0.717, 1.165) is 12.1 Å². The standard InChI is InChI=1S/C14H18ClF3N2O6S/c1-7-10(27(25,26)19-5-8(22)6-21)4-3-9(11(7)15)20-12(23)13(2,24)14(16,17)18/h3-4,8,19,21-22,24H,5-6H2,1-2H3,(H,20,23)/t8?,13-/m1/s1. The van der Waals surface area contributed by atoms with Crippen molar-refractivity contribution in [2.75, 3.05) is 18.5 Å². The molecule has 1 rings (SSSR count). The maximum atomic E-state index is 12.7. The number of carbonyl (C=O) groups excluding carboxylic acids is 1. The maximum absolute atomic E-state index is 12.7. The zero-order valence-electron chi connectivity index (χ0n) is 14.1. The molecule has 0 saturated heterocycles. The van der Waals surface area contributed by atoms with Gasteiger partial charge in [-0.15, -0.1) is 0 Å². The SMILES string of the molecule is Cc1c(S(=O)(=O)NCC(O)CO)ccc(NC(=O)[C@@](C)(O)C(F)(F)F)c1Cl. The number of halogens is 4. The van der Waals surface area contributed by atoms with Gasteiger partial charge in [0.2, 0.25) is 15.6 Å². The van der Waals surface area contributed by atoms with Crippen LogP contribution in [0.25, 0.3) is 0 Å². The summed E-state index contributed by atoms with van der Waals surface area (Å²) in [5, 5.41) is 28.7. The number of aliphatic hydroxyl groups excluding tert-OH is 2. The molecule has 8 nitrogen and oxygen atoms in total. The number of carbonyl (C=O) groups is 1. The first-order valence-electron chi connectivity index (χ1n) is 7.33. The Labute approximate surface area is 158 Å². The largest absolute Gasteiger partial charge is 0.426 e. The number of rotatable bonds is 7. The van der Waals surface area contributed by atoms with E-state index in [1.165, 1.54) is 6.92 Å². The molecule has 2 atom stereocenters. The zero-order chi connectivity index (χ0) is 21.2. The molecule has 0 aliphatic carbocycles. The van der Waals surface area contributed by atoms with Gasteiger partial charge in [-0.2, -0.15) is 13.2 Å². The number of sulfonamides is 1. The van der Waals surface area contributed by atoms with Crippen LogP contribution in [0.1, 0.15) is 12.5 Å². The molecule has 0 heterocycles. The van der Waals surface area contributed by atoms with Gasteiger partial charge in [0.05, 0.1) is 28.3 Å². The Morgan fingerprint density at radius 2 is 1.89 bits per heavy atom. The van der Waals surface area contributed by atoms with Gasteiger partial charge >= 0.3 is 6.18 Å². The quantitative estimate of drug-likeness (QED) is 0.425. The van der Waals surface area contributed by atoms with Gasteiger partial charge in [0.1, 0.15) is 0 Å². The van der Waals surface area contributed by atoms with E-state index in [9.17, 15) is 36.6 Å². The molecule has 1 aromatic carbocycles. The van der Waals surface area contributed by atoms with E-state index in [0.29, 0.717) is 0 Å². The van der Waals surface area contributed by atoms with Gasteiger partial charge in [-0.25, -0.2) is 13.1 Å². The highest BCUT2D eigenvalue weighted by molar-refractivity contribution is 7.89. The molecule has 5 N–H and O–H groups in total.